The van der Waals surface area contributed by atoms with Crippen LogP contribution in [0.5, 0.6) is 0 Å². The number of benzene rings is 1. The van der Waals surface area contributed by atoms with Gasteiger partial charge in [-0.2, -0.15) is 0 Å². The van der Waals surface area contributed by atoms with Crippen LogP contribution in [0.2, 0.25) is 0 Å². The lowest BCUT2D eigenvalue weighted by Gasteiger charge is -2.10. The van der Waals surface area contributed by atoms with E-state index in [1.807, 2.05) is 22.0 Å². The van der Waals surface area contributed by atoms with Crippen LogP contribution in [0.3, 0.4) is 0 Å². The van der Waals surface area contributed by atoms with Crippen LogP contribution >= 0.6 is 11.3 Å². The molecular weight excluding hydrogens is 352 g/mol. The molecule has 5 rings (SSSR count). The van der Waals surface area contributed by atoms with Crippen molar-refractivity contribution in [2.75, 3.05) is 11.9 Å². The van der Waals surface area contributed by atoms with Crippen molar-refractivity contribution in [1.29, 1.82) is 0 Å². The molecule has 0 aromatic carbocycles. The predicted octanol–water partition coefficient (Wildman–Crippen LogP) is 5.17. The molecule has 5 heteroatoms. The Morgan fingerprint density at radius 3 is 2.70 bits per heavy atom. The Morgan fingerprint density at radius 2 is 2.07 bits per heavy atom. The molecule has 0 unspecified atom stereocenters. The second kappa shape index (κ2) is 7.26. The lowest BCUT2D eigenvalue weighted by Crippen LogP contribution is -2.10. The van der Waals surface area contributed by atoms with Crippen molar-refractivity contribution < 1.29 is 0 Å². The largest absolute Gasteiger partial charge is 0.369 e. The first-order valence-electron chi connectivity index (χ1n) is 8.88. The van der Waals surface area contributed by atoms with E-state index < -0.39 is 0 Å². The molecule has 3 heterocycles. The molecule has 0 bridgehead atoms. The summed E-state index contributed by atoms with van der Waals surface area (Å²) in [6.45, 7) is 5.23. The van der Waals surface area contributed by atoms with Gasteiger partial charge in [-0.3, -0.25) is 9.38 Å². The van der Waals surface area contributed by atoms with E-state index in [1.165, 1.54) is 11.1 Å². The fraction of sp³-hybridized carbons (Fsp3) is 0.182. The Hall–Kier alpha value is -3.10. The molecule has 0 saturated carbocycles. The summed E-state index contributed by atoms with van der Waals surface area (Å²) in [5, 5.41) is 5.49. The van der Waals surface area contributed by atoms with Gasteiger partial charge in [0, 0.05) is 24.5 Å². The van der Waals surface area contributed by atoms with Crippen molar-refractivity contribution in [2.24, 2.45) is 5.92 Å². The average Bonchev–Trinajstić information content (AvgIpc) is 3.08. The van der Waals surface area contributed by atoms with E-state index in [2.05, 4.69) is 54.3 Å². The average molecular weight is 372 g/mol. The maximum Gasteiger partial charge on any atom is 0.157 e. The standard InChI is InChI=1S/C16H16N4S.C6H4/c1-4-12-5-8-21-15(12)14-16(18-9-11(2)3)20-7-6-17-10-13(20)19-14;1-2-5-4-6(5)3-1/h1,5-8,10-11,18H,9H2,2-3H3;1-4H. The molecule has 0 spiro atoms. The number of aromatic nitrogens is 3. The highest BCUT2D eigenvalue weighted by Crippen LogP contribution is 2.35. The molecule has 3 aromatic heterocycles. The molecule has 0 fully saturated rings. The van der Waals surface area contributed by atoms with Gasteiger partial charge in [0.2, 0.25) is 0 Å². The Bertz CT molecular complexity index is 1110. The van der Waals surface area contributed by atoms with Crippen LogP contribution in [0.1, 0.15) is 19.4 Å². The normalized spacial score (nSPS) is 11.0. The molecule has 0 radical (unpaired) electrons. The Labute approximate surface area is 162 Å². The summed E-state index contributed by atoms with van der Waals surface area (Å²) in [4.78, 5) is 9.85. The lowest BCUT2D eigenvalue weighted by atomic mass is 10.2. The number of anilines is 1. The van der Waals surface area contributed by atoms with Gasteiger partial charge in [0.25, 0.3) is 0 Å². The number of nitrogens with zero attached hydrogens (tertiary/aromatic N) is 3. The monoisotopic (exact) mass is 372 g/mol. The number of hydrogen-bond donors (Lipinski definition) is 1. The molecule has 0 atom stereocenters. The van der Waals surface area contributed by atoms with Crippen molar-refractivity contribution in [1.82, 2.24) is 14.4 Å². The highest BCUT2D eigenvalue weighted by atomic mass is 32.1. The van der Waals surface area contributed by atoms with Crippen LogP contribution in [-0.4, -0.2) is 20.9 Å². The van der Waals surface area contributed by atoms with Crippen LogP contribution in [0, 0.1) is 18.3 Å². The first-order chi connectivity index (χ1) is 13.2. The van der Waals surface area contributed by atoms with Gasteiger partial charge in [-0.15, -0.1) is 17.8 Å². The van der Waals surface area contributed by atoms with Crippen molar-refractivity contribution in [3.8, 4) is 34.0 Å². The highest BCUT2D eigenvalue weighted by molar-refractivity contribution is 7.13. The fourth-order valence-electron chi connectivity index (χ4n) is 2.82. The summed E-state index contributed by atoms with van der Waals surface area (Å²) in [6.07, 6.45) is 11.0. The highest BCUT2D eigenvalue weighted by Gasteiger charge is 2.17. The van der Waals surface area contributed by atoms with Crippen LogP contribution < -0.4 is 5.32 Å². The van der Waals surface area contributed by atoms with E-state index in [-0.39, 0.29) is 0 Å². The predicted molar refractivity (Wildman–Crippen MR) is 113 cm³/mol. The number of fused-ring (bicyclic) bond motifs is 2. The maximum absolute atomic E-state index is 5.59. The van der Waals surface area contributed by atoms with E-state index >= 15 is 0 Å². The minimum absolute atomic E-state index is 0.542. The van der Waals surface area contributed by atoms with Gasteiger partial charge in [-0.05, 0) is 34.6 Å². The summed E-state index contributed by atoms with van der Waals surface area (Å²) in [6, 6.07) is 10.4. The smallest absolute Gasteiger partial charge is 0.157 e. The molecular formula is C22H20N4S. The minimum atomic E-state index is 0.542. The van der Waals surface area contributed by atoms with E-state index in [9.17, 15) is 0 Å². The van der Waals surface area contributed by atoms with Crippen molar-refractivity contribution in [3.63, 3.8) is 0 Å². The molecule has 2 aliphatic carbocycles. The van der Waals surface area contributed by atoms with E-state index in [0.29, 0.717) is 5.92 Å². The summed E-state index contributed by atoms with van der Waals surface area (Å²) >= 11 is 1.61. The quantitative estimate of drug-likeness (QED) is 0.442. The van der Waals surface area contributed by atoms with Crippen LogP contribution in [0.15, 0.2) is 54.3 Å². The zero-order valence-corrected chi connectivity index (χ0v) is 16.1. The van der Waals surface area contributed by atoms with Crippen LogP contribution in [0.25, 0.3) is 27.3 Å². The topological polar surface area (TPSA) is 42.2 Å². The van der Waals surface area contributed by atoms with Gasteiger partial charge >= 0.3 is 0 Å². The number of nitrogens with one attached hydrogen (secondary N) is 1. The van der Waals surface area contributed by atoms with Gasteiger partial charge in [-0.1, -0.05) is 38.0 Å². The lowest BCUT2D eigenvalue weighted by molar-refractivity contribution is 0.686. The number of terminal acetylenes is 1. The third-order valence-electron chi connectivity index (χ3n) is 4.26. The molecule has 0 amide bonds. The summed E-state index contributed by atoms with van der Waals surface area (Å²) in [7, 11) is 0. The first-order valence-corrected chi connectivity index (χ1v) is 9.76. The Balaban J connectivity index is 0.000000250. The zero-order valence-electron chi connectivity index (χ0n) is 15.3. The Morgan fingerprint density at radius 1 is 1.26 bits per heavy atom. The molecule has 2 aliphatic rings. The number of hydrogen-bond acceptors (Lipinski definition) is 4. The van der Waals surface area contributed by atoms with Crippen LogP contribution in [0.4, 0.5) is 5.82 Å². The fourth-order valence-corrected chi connectivity index (χ4v) is 3.66. The Kier molecular flexibility index (Phi) is 4.66. The van der Waals surface area contributed by atoms with Crippen LogP contribution in [-0.2, 0) is 0 Å². The van der Waals surface area contributed by atoms with Gasteiger partial charge in [-0.25, -0.2) is 4.98 Å². The second-order valence-electron chi connectivity index (χ2n) is 6.78. The van der Waals surface area contributed by atoms with Gasteiger partial charge in [0.05, 0.1) is 11.1 Å². The third-order valence-corrected chi connectivity index (χ3v) is 5.18. The van der Waals surface area contributed by atoms with E-state index in [1.54, 1.807) is 23.7 Å². The SMILES string of the molecule is C#Cc1ccsc1-c1nc2cnccn2c1NCC(C)C.c1cc2cc-2c1. The van der Waals surface area contributed by atoms with Crippen molar-refractivity contribution in [2.45, 2.75) is 13.8 Å². The number of rotatable bonds is 4. The molecule has 134 valence electrons. The van der Waals surface area contributed by atoms with E-state index in [0.717, 1.165) is 34.1 Å². The second-order valence-corrected chi connectivity index (χ2v) is 7.69. The third kappa shape index (κ3) is 3.57. The van der Waals surface area contributed by atoms with Crippen molar-refractivity contribution in [3.05, 3.63) is 59.9 Å². The molecule has 27 heavy (non-hydrogen) atoms. The molecule has 1 N–H and O–H groups in total. The van der Waals surface area contributed by atoms with Crippen molar-refractivity contribution >= 4 is 22.8 Å². The minimum Gasteiger partial charge on any atom is -0.369 e. The summed E-state index contributed by atoms with van der Waals surface area (Å²) in [5.41, 5.74) is 5.44. The zero-order chi connectivity index (χ0) is 18.8. The first kappa shape index (κ1) is 17.3. The summed E-state index contributed by atoms with van der Waals surface area (Å²) < 4.78 is 2.02. The maximum atomic E-state index is 5.59. The van der Waals surface area contributed by atoms with E-state index in [4.69, 9.17) is 11.4 Å². The van der Waals surface area contributed by atoms with Gasteiger partial charge in [0.15, 0.2) is 5.65 Å². The number of thiophene rings is 1. The molecule has 0 aliphatic heterocycles. The molecule has 3 aromatic rings. The number of imidazole rings is 1. The summed E-state index contributed by atoms with van der Waals surface area (Å²) in [5.74, 6) is 4.24. The molecule has 0 saturated heterocycles. The van der Waals surface area contributed by atoms with Gasteiger partial charge in [0.1, 0.15) is 11.5 Å². The van der Waals surface area contributed by atoms with Gasteiger partial charge < -0.3 is 5.32 Å². The molecule has 4 nitrogen and oxygen atoms in total.